The molecule has 0 amide bonds. The van der Waals surface area contributed by atoms with E-state index in [0.29, 0.717) is 0 Å². The summed E-state index contributed by atoms with van der Waals surface area (Å²) in [5.74, 6) is -4.93. The van der Waals surface area contributed by atoms with E-state index in [1.54, 1.807) is 0 Å². The molecule has 3 aromatic rings. The summed E-state index contributed by atoms with van der Waals surface area (Å²) >= 11 is 5.81. The number of nitrogen functional groups attached to an aromatic ring is 1. The van der Waals surface area contributed by atoms with E-state index in [1.165, 1.54) is 6.07 Å². The molecule has 0 radical (unpaired) electrons. The molecule has 194 valence electrons. The van der Waals surface area contributed by atoms with Crippen molar-refractivity contribution in [3.05, 3.63) is 52.6 Å². The number of aliphatic hydroxyl groups excluding tert-OH is 1. The minimum absolute atomic E-state index is 0.00535. The van der Waals surface area contributed by atoms with E-state index in [9.17, 15) is 29.3 Å². The highest BCUT2D eigenvalue weighted by Gasteiger charge is 2.52. The average Bonchev–Trinajstić information content (AvgIpc) is 3.37. The molecule has 1 aromatic carbocycles. The first-order valence-corrected chi connectivity index (χ1v) is 10.8. The zero-order chi connectivity index (χ0) is 27.1. The Labute approximate surface area is 210 Å². The van der Waals surface area contributed by atoms with Gasteiger partial charge in [-0.25, -0.2) is 28.2 Å². The second-order valence-electron chi connectivity index (χ2n) is 8.02. The third-order valence-electron chi connectivity index (χ3n) is 5.76. The Bertz CT molecular complexity index is 1420. The number of fused-ring (bicyclic) bond motifs is 1. The van der Waals surface area contributed by atoms with Gasteiger partial charge in [0.2, 0.25) is 11.0 Å². The Balaban J connectivity index is 1.58. The van der Waals surface area contributed by atoms with Crippen molar-refractivity contribution in [2.75, 3.05) is 12.3 Å². The third-order valence-corrected chi connectivity index (χ3v) is 5.93. The molecule has 1 saturated heterocycles. The van der Waals surface area contributed by atoms with Crippen LogP contribution in [0.5, 0.6) is 0 Å². The van der Waals surface area contributed by atoms with Crippen LogP contribution in [-0.2, 0) is 25.5 Å². The van der Waals surface area contributed by atoms with Crippen molar-refractivity contribution in [2.24, 2.45) is 0 Å². The van der Waals surface area contributed by atoms with Gasteiger partial charge in [-0.2, -0.15) is 9.97 Å². The molecule has 1 aliphatic rings. The van der Waals surface area contributed by atoms with E-state index in [1.807, 2.05) is 0 Å². The minimum atomic E-state index is -2.95. The number of benzene rings is 1. The summed E-state index contributed by atoms with van der Waals surface area (Å²) in [5.41, 5.74) is 2.43. The summed E-state index contributed by atoms with van der Waals surface area (Å²) in [5, 5.41) is 29.6. The van der Waals surface area contributed by atoms with Gasteiger partial charge in [-0.05, 0) is 23.2 Å². The number of aliphatic hydroxyl groups is 1. The highest BCUT2D eigenvalue weighted by molar-refractivity contribution is 6.28. The number of rotatable bonds is 8. The number of halogens is 3. The number of alkyl halides is 1. The van der Waals surface area contributed by atoms with Crippen LogP contribution < -0.4 is 5.73 Å². The van der Waals surface area contributed by atoms with Crippen molar-refractivity contribution in [3.8, 4) is 0 Å². The van der Waals surface area contributed by atoms with Gasteiger partial charge in [0, 0.05) is 6.42 Å². The lowest BCUT2D eigenvalue weighted by molar-refractivity contribution is -0.190. The van der Waals surface area contributed by atoms with E-state index in [-0.39, 0.29) is 33.5 Å². The maximum atomic E-state index is 15.0. The van der Waals surface area contributed by atoms with Crippen molar-refractivity contribution in [2.45, 2.75) is 36.6 Å². The van der Waals surface area contributed by atoms with Crippen LogP contribution in [0.2, 0.25) is 5.28 Å². The van der Waals surface area contributed by atoms with E-state index >= 15 is 4.39 Å². The fourth-order valence-corrected chi connectivity index (χ4v) is 4.01. The van der Waals surface area contributed by atoms with Gasteiger partial charge in [-0.3, -0.25) is 4.57 Å². The first kappa shape index (κ1) is 26.1. The first-order valence-electron chi connectivity index (χ1n) is 10.4. The fraction of sp³-hybridized carbons (Fsp3) is 0.333. The van der Waals surface area contributed by atoms with Crippen LogP contribution in [0.25, 0.3) is 16.0 Å². The summed E-state index contributed by atoms with van der Waals surface area (Å²) in [4.78, 5) is 38.6. The number of aromatic nitrogens is 4. The normalized spacial score (nSPS) is 21.7. The number of hydrogen-bond donors (Lipinski definition) is 4. The van der Waals surface area contributed by atoms with E-state index < -0.39 is 61.0 Å². The van der Waals surface area contributed by atoms with Crippen LogP contribution in [0, 0.1) is 12.4 Å². The molecule has 0 spiro atoms. The van der Waals surface area contributed by atoms with E-state index in [4.69, 9.17) is 33.4 Å². The molecule has 0 unspecified atom stereocenters. The second kappa shape index (κ2) is 9.82. The molecule has 5 N–H and O–H groups in total. The number of anilines is 1. The van der Waals surface area contributed by atoms with Gasteiger partial charge in [0.05, 0.1) is 19.5 Å². The first-order chi connectivity index (χ1) is 17.5. The zero-order valence-electron chi connectivity index (χ0n) is 18.5. The van der Waals surface area contributed by atoms with Crippen molar-refractivity contribution in [1.82, 2.24) is 19.5 Å². The Morgan fingerprint density at radius 3 is 2.65 bits per heavy atom. The minimum Gasteiger partial charge on any atom is -0.479 e. The molecule has 0 bridgehead atoms. The molecule has 4 atom stereocenters. The Morgan fingerprint density at radius 1 is 1.32 bits per heavy atom. The van der Waals surface area contributed by atoms with Gasteiger partial charge in [0.1, 0.15) is 23.5 Å². The maximum absolute atomic E-state index is 15.0. The number of aliphatic carboxylic acids is 2. The number of nitrogens with two attached hydrogens (primary N) is 1. The zero-order valence-corrected chi connectivity index (χ0v) is 19.2. The summed E-state index contributed by atoms with van der Waals surface area (Å²) in [6.07, 6.45) is -6.74. The lowest BCUT2D eigenvalue weighted by Gasteiger charge is -2.27. The topological polar surface area (TPSA) is 187 Å². The highest BCUT2D eigenvalue weighted by atomic mass is 35.5. The number of carbonyl (C=O) groups is 2. The Morgan fingerprint density at radius 2 is 2.03 bits per heavy atom. The van der Waals surface area contributed by atoms with Crippen LogP contribution in [-0.4, -0.2) is 77.4 Å². The summed E-state index contributed by atoms with van der Waals surface area (Å²) in [7, 11) is 0. The number of ether oxygens (including phenoxy) is 2. The largest absolute Gasteiger partial charge is 0.479 e. The monoisotopic (exact) mass is 538 g/mol. The highest BCUT2D eigenvalue weighted by Crippen LogP contribution is 2.35. The van der Waals surface area contributed by atoms with Gasteiger partial charge in [0.15, 0.2) is 23.9 Å². The van der Waals surface area contributed by atoms with Gasteiger partial charge in [-0.1, -0.05) is 12.1 Å². The average molecular weight is 539 g/mol. The smallest absolute Gasteiger partial charge is 0.348 e. The number of carboxylic acid groups (broad SMARTS) is 2. The second-order valence-corrected chi connectivity index (χ2v) is 8.36. The molecule has 0 aliphatic carbocycles. The van der Waals surface area contributed by atoms with Gasteiger partial charge in [-0.15, -0.1) is 0 Å². The summed E-state index contributed by atoms with van der Waals surface area (Å²) in [6.45, 7) is 6.01. The predicted octanol–water partition coefficient (Wildman–Crippen LogP) is 1.52. The van der Waals surface area contributed by atoms with Crippen LogP contribution in [0.15, 0.2) is 24.5 Å². The fourth-order valence-electron chi connectivity index (χ4n) is 3.84. The van der Waals surface area contributed by atoms with Crippen molar-refractivity contribution in [3.63, 3.8) is 0 Å². The summed E-state index contributed by atoms with van der Waals surface area (Å²) < 4.78 is 40.9. The molecular weight excluding hydrogens is 522 g/mol. The molecule has 2 aromatic heterocycles. The molecule has 0 saturated carbocycles. The lowest BCUT2D eigenvalue weighted by atomic mass is 9.93. The van der Waals surface area contributed by atoms with Crippen molar-refractivity contribution >= 4 is 46.2 Å². The van der Waals surface area contributed by atoms with Gasteiger partial charge in [0.25, 0.3) is 5.60 Å². The van der Waals surface area contributed by atoms with E-state index in [2.05, 4.69) is 19.8 Å². The standard InChI is InChI=1S/C21H17ClF2N6O7/c1-26-10-3-2-8(4-9(10)23)5-21(18(32)33,19(34)35)36-6-11-14(31)12(24)17(37-11)30-7-27-13-15(25)28-20(22)29-16(13)30/h2-4,7,11-12,14,17,31H,5-6H2,(H,32,33)(H,34,35)(H2,25,28,29)/t11-,12+,14-,17-/m1/s1. The molecule has 1 aliphatic heterocycles. The molecule has 13 nitrogen and oxygen atoms in total. The molecular formula is C21H17ClF2N6O7. The number of carboxylic acids is 2. The quantitative estimate of drug-likeness (QED) is 0.185. The number of imidazole rings is 1. The molecule has 1 fully saturated rings. The number of hydrogen-bond acceptors (Lipinski definition) is 9. The van der Waals surface area contributed by atoms with Crippen molar-refractivity contribution < 1.29 is 43.2 Å². The SMILES string of the molecule is [C-]#[N+]c1ccc(CC(OC[C@H]2O[C@@H](n3cnc4c(N)nc(Cl)nc43)[C@@H](F)[C@@H]2O)(C(=O)O)C(=O)O)cc1F. The maximum Gasteiger partial charge on any atom is 0.348 e. The lowest BCUT2D eigenvalue weighted by Crippen LogP contribution is -2.52. The van der Waals surface area contributed by atoms with Gasteiger partial charge >= 0.3 is 11.9 Å². The number of nitrogens with zero attached hydrogens (tertiary/aromatic N) is 5. The molecule has 3 heterocycles. The molecule has 16 heteroatoms. The van der Waals surface area contributed by atoms with Crippen LogP contribution in [0.1, 0.15) is 11.8 Å². The Hall–Kier alpha value is -3.97. The predicted molar refractivity (Wildman–Crippen MR) is 120 cm³/mol. The van der Waals surface area contributed by atoms with Crippen LogP contribution in [0.3, 0.4) is 0 Å². The van der Waals surface area contributed by atoms with Crippen LogP contribution >= 0.6 is 11.6 Å². The molecule has 37 heavy (non-hydrogen) atoms. The third kappa shape index (κ3) is 4.62. The van der Waals surface area contributed by atoms with Crippen molar-refractivity contribution in [1.29, 1.82) is 0 Å². The van der Waals surface area contributed by atoms with E-state index in [0.717, 1.165) is 23.0 Å². The van der Waals surface area contributed by atoms with Crippen LogP contribution in [0.4, 0.5) is 20.3 Å². The molecule has 4 rings (SSSR count). The summed E-state index contributed by atoms with van der Waals surface area (Å²) in [6, 6.07) is 3.05. The Kier molecular flexibility index (Phi) is 6.93. The van der Waals surface area contributed by atoms with Gasteiger partial charge < -0.3 is 30.5 Å².